The molecule has 0 bridgehead atoms. The fraction of sp³-hybridized carbons (Fsp3) is 0.250. The Morgan fingerprint density at radius 2 is 2.05 bits per heavy atom. The van der Waals surface area contributed by atoms with Crippen LogP contribution in [0.3, 0.4) is 0 Å². The summed E-state index contributed by atoms with van der Waals surface area (Å²) in [7, 11) is 0. The van der Waals surface area contributed by atoms with Crippen LogP contribution in [0.15, 0.2) is 48.7 Å². The maximum absolute atomic E-state index is 12.6. The van der Waals surface area contributed by atoms with Crippen LogP contribution in [0.4, 0.5) is 0 Å². The standard InChI is InChI=1S/C16H17N3O/c17-11-15-13-6-2-1-5-12(13)8-10-19(15)16(20)14-7-3-4-9-18-14/h1-7,9,15H,8,10-11,17H2. The number of aromatic nitrogens is 1. The zero-order valence-corrected chi connectivity index (χ0v) is 11.2. The van der Waals surface area contributed by atoms with E-state index in [9.17, 15) is 4.79 Å². The summed E-state index contributed by atoms with van der Waals surface area (Å²) in [6.07, 6.45) is 2.51. The molecule has 20 heavy (non-hydrogen) atoms. The minimum absolute atomic E-state index is 0.0458. The average Bonchev–Trinajstić information content (AvgIpc) is 2.54. The predicted molar refractivity (Wildman–Crippen MR) is 77.2 cm³/mol. The van der Waals surface area contributed by atoms with Gasteiger partial charge in [-0.3, -0.25) is 9.78 Å². The first-order chi connectivity index (χ1) is 9.81. The van der Waals surface area contributed by atoms with Gasteiger partial charge in [-0.2, -0.15) is 0 Å². The summed E-state index contributed by atoms with van der Waals surface area (Å²) in [5.41, 5.74) is 8.83. The van der Waals surface area contributed by atoms with Crippen LogP contribution < -0.4 is 5.73 Å². The molecule has 2 aromatic rings. The molecule has 1 aromatic carbocycles. The molecule has 1 aliphatic heterocycles. The van der Waals surface area contributed by atoms with E-state index in [1.54, 1.807) is 12.3 Å². The average molecular weight is 267 g/mol. The van der Waals surface area contributed by atoms with Crippen molar-refractivity contribution in [2.24, 2.45) is 5.73 Å². The van der Waals surface area contributed by atoms with Crippen LogP contribution in [0.5, 0.6) is 0 Å². The fourth-order valence-corrected chi connectivity index (χ4v) is 2.79. The molecule has 2 N–H and O–H groups in total. The molecule has 1 atom stereocenters. The van der Waals surface area contributed by atoms with E-state index in [4.69, 9.17) is 5.73 Å². The molecular formula is C16H17N3O. The molecule has 1 unspecified atom stereocenters. The predicted octanol–water partition coefficient (Wildman–Crippen LogP) is 1.78. The highest BCUT2D eigenvalue weighted by Gasteiger charge is 2.30. The molecule has 0 fully saturated rings. The number of nitrogens with two attached hydrogens (primary N) is 1. The molecule has 0 saturated carbocycles. The molecule has 0 spiro atoms. The first kappa shape index (κ1) is 12.8. The number of fused-ring (bicyclic) bond motifs is 1. The van der Waals surface area contributed by atoms with Gasteiger partial charge in [0.1, 0.15) is 5.69 Å². The highest BCUT2D eigenvalue weighted by Crippen LogP contribution is 2.29. The van der Waals surface area contributed by atoms with Crippen LogP contribution in [0, 0.1) is 0 Å². The zero-order valence-electron chi connectivity index (χ0n) is 11.2. The van der Waals surface area contributed by atoms with Gasteiger partial charge in [0.25, 0.3) is 5.91 Å². The molecule has 2 heterocycles. The van der Waals surface area contributed by atoms with Crippen LogP contribution in [0.25, 0.3) is 0 Å². The number of rotatable bonds is 2. The lowest BCUT2D eigenvalue weighted by atomic mass is 9.92. The van der Waals surface area contributed by atoms with E-state index < -0.39 is 0 Å². The van der Waals surface area contributed by atoms with Crippen molar-refractivity contribution < 1.29 is 4.79 Å². The van der Waals surface area contributed by atoms with Gasteiger partial charge in [0.15, 0.2) is 0 Å². The third-order valence-corrected chi connectivity index (χ3v) is 3.78. The Kier molecular flexibility index (Phi) is 3.48. The van der Waals surface area contributed by atoms with E-state index in [0.717, 1.165) is 12.0 Å². The summed E-state index contributed by atoms with van der Waals surface area (Å²) in [4.78, 5) is 18.6. The van der Waals surface area contributed by atoms with E-state index in [-0.39, 0.29) is 11.9 Å². The van der Waals surface area contributed by atoms with Crippen molar-refractivity contribution >= 4 is 5.91 Å². The highest BCUT2D eigenvalue weighted by molar-refractivity contribution is 5.92. The molecule has 0 saturated heterocycles. The van der Waals surface area contributed by atoms with Gasteiger partial charge >= 0.3 is 0 Å². The largest absolute Gasteiger partial charge is 0.329 e. The van der Waals surface area contributed by atoms with Crippen LogP contribution in [0.2, 0.25) is 0 Å². The monoisotopic (exact) mass is 267 g/mol. The van der Waals surface area contributed by atoms with Crippen molar-refractivity contribution in [3.63, 3.8) is 0 Å². The van der Waals surface area contributed by atoms with Crippen LogP contribution in [0.1, 0.15) is 27.7 Å². The molecule has 3 rings (SSSR count). The van der Waals surface area contributed by atoms with Crippen molar-refractivity contribution in [2.75, 3.05) is 13.1 Å². The zero-order chi connectivity index (χ0) is 13.9. The summed E-state index contributed by atoms with van der Waals surface area (Å²) in [5, 5.41) is 0. The van der Waals surface area contributed by atoms with Crippen molar-refractivity contribution in [3.8, 4) is 0 Å². The first-order valence-corrected chi connectivity index (χ1v) is 6.81. The van der Waals surface area contributed by atoms with E-state index >= 15 is 0 Å². The number of pyridine rings is 1. The van der Waals surface area contributed by atoms with Crippen LogP contribution in [-0.4, -0.2) is 28.9 Å². The number of amides is 1. The minimum atomic E-state index is -0.0607. The molecule has 102 valence electrons. The maximum Gasteiger partial charge on any atom is 0.273 e. The molecule has 1 amide bonds. The summed E-state index contributed by atoms with van der Waals surface area (Å²) >= 11 is 0. The second kappa shape index (κ2) is 5.43. The van der Waals surface area contributed by atoms with Gasteiger partial charge in [-0.25, -0.2) is 0 Å². The Balaban J connectivity index is 1.94. The van der Waals surface area contributed by atoms with E-state index in [2.05, 4.69) is 17.1 Å². The maximum atomic E-state index is 12.6. The summed E-state index contributed by atoms with van der Waals surface area (Å²) < 4.78 is 0. The minimum Gasteiger partial charge on any atom is -0.329 e. The number of nitrogens with zero attached hydrogens (tertiary/aromatic N) is 2. The van der Waals surface area contributed by atoms with Crippen molar-refractivity contribution in [1.29, 1.82) is 0 Å². The number of carbonyl (C=O) groups excluding carboxylic acids is 1. The molecule has 4 nitrogen and oxygen atoms in total. The van der Waals surface area contributed by atoms with Crippen molar-refractivity contribution in [3.05, 3.63) is 65.5 Å². The first-order valence-electron chi connectivity index (χ1n) is 6.81. The topological polar surface area (TPSA) is 59.2 Å². The quantitative estimate of drug-likeness (QED) is 0.902. The third-order valence-electron chi connectivity index (χ3n) is 3.78. The highest BCUT2D eigenvalue weighted by atomic mass is 16.2. The lowest BCUT2D eigenvalue weighted by Crippen LogP contribution is -2.43. The smallest absolute Gasteiger partial charge is 0.273 e. The van der Waals surface area contributed by atoms with Crippen LogP contribution in [-0.2, 0) is 6.42 Å². The molecule has 1 aromatic heterocycles. The van der Waals surface area contributed by atoms with Gasteiger partial charge < -0.3 is 10.6 Å². The van der Waals surface area contributed by atoms with Gasteiger partial charge in [-0.15, -0.1) is 0 Å². The van der Waals surface area contributed by atoms with Crippen molar-refractivity contribution in [1.82, 2.24) is 9.88 Å². The van der Waals surface area contributed by atoms with Gasteiger partial charge in [-0.05, 0) is 29.7 Å². The normalized spacial score (nSPS) is 17.6. The number of carbonyl (C=O) groups is 1. The SMILES string of the molecule is NCC1c2ccccc2CCN1C(=O)c1ccccn1. The van der Waals surface area contributed by atoms with E-state index in [1.807, 2.05) is 29.2 Å². The van der Waals surface area contributed by atoms with Gasteiger partial charge in [-0.1, -0.05) is 30.3 Å². The van der Waals surface area contributed by atoms with Gasteiger partial charge in [0.2, 0.25) is 0 Å². The summed E-state index contributed by atoms with van der Waals surface area (Å²) in [6, 6.07) is 13.5. The summed E-state index contributed by atoms with van der Waals surface area (Å²) in [6.45, 7) is 1.11. The molecule has 1 aliphatic rings. The molecule has 0 radical (unpaired) electrons. The fourth-order valence-electron chi connectivity index (χ4n) is 2.79. The Morgan fingerprint density at radius 3 is 2.80 bits per heavy atom. The van der Waals surface area contributed by atoms with Gasteiger partial charge in [0, 0.05) is 19.3 Å². The summed E-state index contributed by atoms with van der Waals surface area (Å²) in [5.74, 6) is -0.0458. The second-order valence-corrected chi connectivity index (χ2v) is 4.91. The van der Waals surface area contributed by atoms with Crippen molar-refractivity contribution in [2.45, 2.75) is 12.5 Å². The Bertz CT molecular complexity index is 612. The third kappa shape index (κ3) is 2.18. The lowest BCUT2D eigenvalue weighted by Gasteiger charge is -2.36. The number of benzene rings is 1. The Labute approximate surface area is 118 Å². The van der Waals surface area contributed by atoms with Gasteiger partial charge in [0.05, 0.1) is 6.04 Å². The Morgan fingerprint density at radius 1 is 1.25 bits per heavy atom. The van der Waals surface area contributed by atoms with Crippen LogP contribution >= 0.6 is 0 Å². The number of hydrogen-bond donors (Lipinski definition) is 1. The lowest BCUT2D eigenvalue weighted by molar-refractivity contribution is 0.0661. The molecule has 0 aliphatic carbocycles. The van der Waals surface area contributed by atoms with E-state index in [1.165, 1.54) is 5.56 Å². The molecular weight excluding hydrogens is 250 g/mol. The van der Waals surface area contributed by atoms with E-state index in [0.29, 0.717) is 18.8 Å². The number of hydrogen-bond acceptors (Lipinski definition) is 3. The second-order valence-electron chi connectivity index (χ2n) is 4.91. The Hall–Kier alpha value is -2.20. The molecule has 4 heteroatoms.